The van der Waals surface area contributed by atoms with E-state index in [0.717, 1.165) is 44.5 Å². The molecule has 172 valence electrons. The van der Waals surface area contributed by atoms with E-state index in [9.17, 15) is 9.59 Å². The number of nitrogens with one attached hydrogen (secondary N) is 1. The number of rotatable bonds is 10. The first kappa shape index (κ1) is 23.7. The predicted molar refractivity (Wildman–Crippen MR) is 122 cm³/mol. The normalized spacial score (nSPS) is 19.9. The van der Waals surface area contributed by atoms with Crippen LogP contribution in [0.15, 0.2) is 30.3 Å². The molecule has 0 radical (unpaired) electrons. The van der Waals surface area contributed by atoms with Gasteiger partial charge in [0.25, 0.3) is 0 Å². The highest BCUT2D eigenvalue weighted by molar-refractivity contribution is 5.82. The second-order valence-electron chi connectivity index (χ2n) is 9.14. The Balaban J connectivity index is 1.47. The largest absolute Gasteiger partial charge is 0.367 e. The van der Waals surface area contributed by atoms with Crippen LogP contribution in [0, 0.1) is 11.8 Å². The van der Waals surface area contributed by atoms with E-state index in [1.165, 1.54) is 12.8 Å². The van der Waals surface area contributed by atoms with Gasteiger partial charge in [0.1, 0.15) is 6.61 Å². The van der Waals surface area contributed by atoms with Crippen molar-refractivity contribution < 1.29 is 14.3 Å². The highest BCUT2D eigenvalue weighted by Gasteiger charge is 2.37. The average Bonchev–Trinajstić information content (AvgIpc) is 3.33. The van der Waals surface area contributed by atoms with Gasteiger partial charge in [-0.2, -0.15) is 0 Å². The molecule has 1 aliphatic heterocycles. The van der Waals surface area contributed by atoms with Crippen molar-refractivity contribution in [1.82, 2.24) is 15.1 Å². The lowest BCUT2D eigenvalue weighted by Crippen LogP contribution is -2.58. The van der Waals surface area contributed by atoms with Crippen LogP contribution < -0.4 is 5.32 Å². The van der Waals surface area contributed by atoms with Crippen molar-refractivity contribution in [2.75, 3.05) is 39.3 Å². The molecule has 1 aromatic rings. The topological polar surface area (TPSA) is 61.9 Å². The van der Waals surface area contributed by atoms with Crippen LogP contribution in [0.2, 0.25) is 0 Å². The maximum absolute atomic E-state index is 13.1. The van der Waals surface area contributed by atoms with Crippen LogP contribution in [-0.4, -0.2) is 67.0 Å². The molecule has 6 heteroatoms. The first-order valence-electron chi connectivity index (χ1n) is 12.0. The second kappa shape index (κ2) is 12.2. The zero-order chi connectivity index (χ0) is 22.1. The van der Waals surface area contributed by atoms with Gasteiger partial charge in [0.05, 0.1) is 12.6 Å². The van der Waals surface area contributed by atoms with E-state index in [-0.39, 0.29) is 24.5 Å². The molecule has 1 heterocycles. The van der Waals surface area contributed by atoms with Crippen LogP contribution in [0.1, 0.15) is 51.5 Å². The van der Waals surface area contributed by atoms with Crippen LogP contribution >= 0.6 is 0 Å². The molecule has 2 amide bonds. The molecule has 0 bridgehead atoms. The van der Waals surface area contributed by atoms with E-state index in [1.807, 2.05) is 35.2 Å². The molecule has 0 unspecified atom stereocenters. The summed E-state index contributed by atoms with van der Waals surface area (Å²) in [4.78, 5) is 29.9. The third kappa shape index (κ3) is 7.04. The quantitative estimate of drug-likeness (QED) is 0.621. The van der Waals surface area contributed by atoms with Crippen molar-refractivity contribution >= 4 is 11.8 Å². The molecule has 1 saturated carbocycles. The Labute approximate surface area is 187 Å². The first-order chi connectivity index (χ1) is 15.1. The fourth-order valence-corrected chi connectivity index (χ4v) is 4.65. The van der Waals surface area contributed by atoms with Gasteiger partial charge >= 0.3 is 0 Å². The maximum Gasteiger partial charge on any atom is 0.248 e. The molecule has 0 aromatic heterocycles. The Bertz CT molecular complexity index is 683. The minimum atomic E-state index is -0.0573. The van der Waals surface area contributed by atoms with Crippen LogP contribution in [-0.2, 0) is 20.9 Å². The number of hydrogen-bond acceptors (Lipinski definition) is 4. The highest BCUT2D eigenvalue weighted by Crippen LogP contribution is 2.31. The molecule has 2 aliphatic rings. The number of piperazine rings is 1. The zero-order valence-electron chi connectivity index (χ0n) is 19.2. The zero-order valence-corrected chi connectivity index (χ0v) is 19.2. The number of carbonyl (C=O) groups is 2. The summed E-state index contributed by atoms with van der Waals surface area (Å²) in [5, 5.41) is 3.20. The molecule has 1 aromatic carbocycles. The highest BCUT2D eigenvalue weighted by atomic mass is 16.5. The van der Waals surface area contributed by atoms with Gasteiger partial charge in [0, 0.05) is 32.7 Å². The summed E-state index contributed by atoms with van der Waals surface area (Å²) in [5.74, 6) is 1.15. The molecule has 0 spiro atoms. The van der Waals surface area contributed by atoms with Gasteiger partial charge in [0.2, 0.25) is 11.8 Å². The molecule has 2 fully saturated rings. The van der Waals surface area contributed by atoms with Crippen molar-refractivity contribution in [1.29, 1.82) is 0 Å². The number of amides is 2. The van der Waals surface area contributed by atoms with E-state index in [1.54, 1.807) is 0 Å². The first-order valence-corrected chi connectivity index (χ1v) is 12.0. The lowest BCUT2D eigenvalue weighted by Gasteiger charge is -2.40. The number of carbonyl (C=O) groups excluding carboxylic acids is 2. The monoisotopic (exact) mass is 429 g/mol. The summed E-state index contributed by atoms with van der Waals surface area (Å²) < 4.78 is 5.62. The fourth-order valence-electron chi connectivity index (χ4n) is 4.65. The summed E-state index contributed by atoms with van der Waals surface area (Å²) in [6.45, 7) is 8.47. The third-order valence-corrected chi connectivity index (χ3v) is 6.83. The van der Waals surface area contributed by atoms with Crippen LogP contribution in [0.25, 0.3) is 0 Å². The molecule has 1 aliphatic carbocycles. The van der Waals surface area contributed by atoms with Crippen molar-refractivity contribution in [2.24, 2.45) is 11.8 Å². The SMILES string of the molecule is CC[C@@H](C)CNC(=O)[C@@H](C1CCCC1)N1CCN(C(=O)COCc2ccccc2)CC1. The molecule has 31 heavy (non-hydrogen) atoms. The summed E-state index contributed by atoms with van der Waals surface area (Å²) in [5.41, 5.74) is 1.07. The molecule has 1 saturated heterocycles. The van der Waals surface area contributed by atoms with E-state index < -0.39 is 0 Å². The van der Waals surface area contributed by atoms with Crippen molar-refractivity contribution in [2.45, 2.75) is 58.6 Å². The van der Waals surface area contributed by atoms with Crippen molar-refractivity contribution in [3.8, 4) is 0 Å². The minimum absolute atomic E-state index is 0.0363. The van der Waals surface area contributed by atoms with E-state index in [4.69, 9.17) is 4.74 Å². The van der Waals surface area contributed by atoms with Crippen molar-refractivity contribution in [3.63, 3.8) is 0 Å². The van der Waals surface area contributed by atoms with Crippen LogP contribution in [0.5, 0.6) is 0 Å². The van der Waals surface area contributed by atoms with Gasteiger partial charge in [-0.1, -0.05) is 63.4 Å². The van der Waals surface area contributed by atoms with Crippen molar-refractivity contribution in [3.05, 3.63) is 35.9 Å². The number of ether oxygens (including phenoxy) is 1. The molecule has 6 nitrogen and oxygen atoms in total. The summed E-state index contributed by atoms with van der Waals surface area (Å²) in [6.07, 6.45) is 5.78. The van der Waals surface area contributed by atoms with Crippen LogP contribution in [0.3, 0.4) is 0 Å². The Morgan fingerprint density at radius 3 is 2.42 bits per heavy atom. The smallest absolute Gasteiger partial charge is 0.248 e. The number of nitrogens with zero attached hydrogens (tertiary/aromatic N) is 2. The van der Waals surface area contributed by atoms with Gasteiger partial charge in [-0.3, -0.25) is 14.5 Å². The Kier molecular flexibility index (Phi) is 9.34. The van der Waals surface area contributed by atoms with Crippen LogP contribution in [0.4, 0.5) is 0 Å². The number of benzene rings is 1. The standard InChI is InChI=1S/C25H39N3O3/c1-3-20(2)17-26-25(30)24(22-11-7-8-12-22)28-15-13-27(14-16-28)23(29)19-31-18-21-9-5-4-6-10-21/h4-6,9-10,20,22,24H,3,7-8,11-19H2,1-2H3,(H,26,30)/t20-,24-/m1/s1. The van der Waals surface area contributed by atoms with Gasteiger partial charge < -0.3 is 15.0 Å². The molecule has 1 N–H and O–H groups in total. The average molecular weight is 430 g/mol. The molecular formula is C25H39N3O3. The minimum Gasteiger partial charge on any atom is -0.367 e. The molecular weight excluding hydrogens is 390 g/mol. The predicted octanol–water partition coefficient (Wildman–Crippen LogP) is 3.07. The van der Waals surface area contributed by atoms with E-state index >= 15 is 0 Å². The Morgan fingerprint density at radius 1 is 1.10 bits per heavy atom. The van der Waals surface area contributed by atoms with Gasteiger partial charge in [-0.05, 0) is 30.2 Å². The lowest BCUT2D eigenvalue weighted by atomic mass is 9.94. The van der Waals surface area contributed by atoms with E-state index in [0.29, 0.717) is 31.5 Å². The summed E-state index contributed by atoms with van der Waals surface area (Å²) in [7, 11) is 0. The lowest BCUT2D eigenvalue weighted by molar-refractivity contribution is -0.139. The third-order valence-electron chi connectivity index (χ3n) is 6.83. The Hall–Kier alpha value is -1.92. The van der Waals surface area contributed by atoms with E-state index in [2.05, 4.69) is 24.1 Å². The summed E-state index contributed by atoms with van der Waals surface area (Å²) >= 11 is 0. The molecule has 2 atom stereocenters. The van der Waals surface area contributed by atoms with Gasteiger partial charge in [0.15, 0.2) is 0 Å². The number of hydrogen-bond donors (Lipinski definition) is 1. The summed E-state index contributed by atoms with van der Waals surface area (Å²) in [6, 6.07) is 9.85. The second-order valence-corrected chi connectivity index (χ2v) is 9.14. The van der Waals surface area contributed by atoms with Gasteiger partial charge in [-0.15, -0.1) is 0 Å². The maximum atomic E-state index is 13.1. The fraction of sp³-hybridized carbons (Fsp3) is 0.680. The molecule has 3 rings (SSSR count). The Morgan fingerprint density at radius 2 is 1.77 bits per heavy atom. The van der Waals surface area contributed by atoms with Gasteiger partial charge in [-0.25, -0.2) is 0 Å².